The predicted molar refractivity (Wildman–Crippen MR) is 67.0 cm³/mol. The number of nitrogens with one attached hydrogen (secondary N) is 1. The molecule has 0 saturated carbocycles. The van der Waals surface area contributed by atoms with Crippen LogP contribution in [0.3, 0.4) is 0 Å². The van der Waals surface area contributed by atoms with Gasteiger partial charge in [-0.25, -0.2) is 4.79 Å². The zero-order valence-electron chi connectivity index (χ0n) is 9.35. The monoisotopic (exact) mass is 291 g/mol. The molecule has 3 N–H and O–H groups in total. The molecule has 1 amide bonds. The molecule has 0 saturated heterocycles. The molecule has 18 heavy (non-hydrogen) atoms. The summed E-state index contributed by atoms with van der Waals surface area (Å²) in [5.41, 5.74) is -0.0206. The molecule has 1 aromatic rings. The number of halogens is 2. The van der Waals surface area contributed by atoms with Crippen LogP contribution in [0.15, 0.2) is 18.2 Å². The van der Waals surface area contributed by atoms with Crippen molar-refractivity contribution >= 4 is 35.1 Å². The lowest BCUT2D eigenvalue weighted by Crippen LogP contribution is -2.47. The third kappa shape index (κ3) is 3.35. The number of carboxylic acids is 1. The number of carbonyl (C=O) groups excluding carboxylic acids is 1. The summed E-state index contributed by atoms with van der Waals surface area (Å²) >= 11 is 11.6. The second-order valence-corrected chi connectivity index (χ2v) is 4.44. The smallest absolute Gasteiger partial charge is 0.328 e. The Morgan fingerprint density at radius 1 is 1.28 bits per heavy atom. The highest BCUT2D eigenvalue weighted by molar-refractivity contribution is 6.39. The second-order valence-electron chi connectivity index (χ2n) is 3.63. The lowest BCUT2D eigenvalue weighted by molar-refractivity contribution is -0.141. The molecule has 0 aliphatic rings. The maximum atomic E-state index is 11.9. The largest absolute Gasteiger partial charge is 0.480 e. The van der Waals surface area contributed by atoms with E-state index in [1.807, 2.05) is 0 Å². The highest BCUT2D eigenvalue weighted by atomic mass is 35.5. The van der Waals surface area contributed by atoms with Gasteiger partial charge in [-0.05, 0) is 19.1 Å². The summed E-state index contributed by atoms with van der Waals surface area (Å²) in [4.78, 5) is 22.7. The minimum atomic E-state index is -1.43. The van der Waals surface area contributed by atoms with Crippen LogP contribution in [0.5, 0.6) is 0 Å². The topological polar surface area (TPSA) is 86.6 Å². The van der Waals surface area contributed by atoms with Crippen LogP contribution in [0.25, 0.3) is 0 Å². The van der Waals surface area contributed by atoms with Crippen LogP contribution in [0.2, 0.25) is 10.0 Å². The van der Waals surface area contributed by atoms with E-state index in [2.05, 4.69) is 5.32 Å². The lowest BCUT2D eigenvalue weighted by atomic mass is 10.1. The van der Waals surface area contributed by atoms with Crippen molar-refractivity contribution in [3.8, 4) is 0 Å². The van der Waals surface area contributed by atoms with Crippen molar-refractivity contribution in [3.63, 3.8) is 0 Å². The molecular formula is C11H11Cl2NO4. The molecule has 1 rings (SSSR count). The molecule has 0 aliphatic carbocycles. The van der Waals surface area contributed by atoms with E-state index in [4.69, 9.17) is 28.3 Å². The van der Waals surface area contributed by atoms with Crippen LogP contribution in [0.4, 0.5) is 0 Å². The Labute approximate surface area is 113 Å². The summed E-state index contributed by atoms with van der Waals surface area (Å²) in [6.45, 7) is 1.26. The van der Waals surface area contributed by atoms with Crippen LogP contribution >= 0.6 is 23.2 Å². The number of hydrogen-bond donors (Lipinski definition) is 3. The second kappa shape index (κ2) is 6.04. The molecule has 0 radical (unpaired) electrons. The SMILES string of the molecule is C[C@@H](O)[C@H](NC(=O)c1c(Cl)cccc1Cl)C(=O)O. The molecule has 2 atom stereocenters. The molecule has 7 heteroatoms. The van der Waals surface area contributed by atoms with Crippen molar-refractivity contribution < 1.29 is 19.8 Å². The van der Waals surface area contributed by atoms with Crippen molar-refractivity contribution in [2.45, 2.75) is 19.1 Å². The Bertz CT molecular complexity index is 456. The molecule has 5 nitrogen and oxygen atoms in total. The van der Waals surface area contributed by atoms with E-state index in [-0.39, 0.29) is 15.6 Å². The van der Waals surface area contributed by atoms with Crippen molar-refractivity contribution in [1.29, 1.82) is 0 Å². The van der Waals surface area contributed by atoms with Crippen LogP contribution in [-0.2, 0) is 4.79 Å². The molecule has 1 aromatic carbocycles. The molecule has 0 bridgehead atoms. The first kappa shape index (κ1) is 14.8. The summed E-state index contributed by atoms with van der Waals surface area (Å²) in [5, 5.41) is 20.5. The Morgan fingerprint density at radius 3 is 2.17 bits per heavy atom. The summed E-state index contributed by atoms with van der Waals surface area (Å²) in [6, 6.07) is 3.05. The van der Waals surface area contributed by atoms with Gasteiger partial charge in [-0.2, -0.15) is 0 Å². The fourth-order valence-electron chi connectivity index (χ4n) is 1.32. The van der Waals surface area contributed by atoms with Crippen LogP contribution in [0.1, 0.15) is 17.3 Å². The number of amides is 1. The van der Waals surface area contributed by atoms with Crippen LogP contribution in [-0.4, -0.2) is 34.2 Å². The summed E-state index contributed by atoms with van der Waals surface area (Å²) in [6.07, 6.45) is -1.24. The number of aliphatic hydroxyl groups excluding tert-OH is 1. The van der Waals surface area contributed by atoms with E-state index in [0.29, 0.717) is 0 Å². The molecule has 0 fully saturated rings. The third-order valence-corrected chi connectivity index (χ3v) is 2.85. The van der Waals surface area contributed by atoms with Gasteiger partial charge in [0, 0.05) is 0 Å². The van der Waals surface area contributed by atoms with E-state index >= 15 is 0 Å². The molecule has 0 spiro atoms. The first-order chi connectivity index (χ1) is 8.34. The maximum Gasteiger partial charge on any atom is 0.328 e. The zero-order valence-corrected chi connectivity index (χ0v) is 10.9. The van der Waals surface area contributed by atoms with Crippen LogP contribution in [0, 0.1) is 0 Å². The van der Waals surface area contributed by atoms with Crippen molar-refractivity contribution in [2.75, 3.05) is 0 Å². The average Bonchev–Trinajstić information content (AvgIpc) is 2.24. The van der Waals surface area contributed by atoms with Gasteiger partial charge in [0.25, 0.3) is 5.91 Å². The Morgan fingerprint density at radius 2 is 1.78 bits per heavy atom. The highest BCUT2D eigenvalue weighted by Gasteiger charge is 2.27. The van der Waals surface area contributed by atoms with Crippen molar-refractivity contribution in [1.82, 2.24) is 5.32 Å². The van der Waals surface area contributed by atoms with E-state index in [1.54, 1.807) is 6.07 Å². The number of rotatable bonds is 4. The fourth-order valence-corrected chi connectivity index (χ4v) is 1.89. The summed E-state index contributed by atoms with van der Waals surface area (Å²) in [5.74, 6) is -2.10. The zero-order chi connectivity index (χ0) is 13.9. The number of hydrogen-bond acceptors (Lipinski definition) is 3. The molecule has 0 aliphatic heterocycles. The molecule has 0 heterocycles. The first-order valence-corrected chi connectivity index (χ1v) is 5.76. The van der Waals surface area contributed by atoms with Crippen molar-refractivity contribution in [2.24, 2.45) is 0 Å². The van der Waals surface area contributed by atoms with Gasteiger partial charge in [-0.1, -0.05) is 29.3 Å². The number of carboxylic acid groups (broad SMARTS) is 1. The van der Waals surface area contributed by atoms with Gasteiger partial charge in [0.05, 0.1) is 21.7 Å². The van der Waals surface area contributed by atoms with Gasteiger partial charge in [0.15, 0.2) is 6.04 Å². The van der Waals surface area contributed by atoms with Gasteiger partial charge >= 0.3 is 5.97 Å². The Kier molecular flexibility index (Phi) is 4.95. The van der Waals surface area contributed by atoms with E-state index in [1.165, 1.54) is 19.1 Å². The molecule has 0 unspecified atom stereocenters. The van der Waals surface area contributed by atoms with E-state index in [9.17, 15) is 14.7 Å². The Hall–Kier alpha value is -1.30. The lowest BCUT2D eigenvalue weighted by Gasteiger charge is -2.17. The fraction of sp³-hybridized carbons (Fsp3) is 0.273. The first-order valence-electron chi connectivity index (χ1n) is 5.00. The minimum Gasteiger partial charge on any atom is -0.480 e. The van der Waals surface area contributed by atoms with Gasteiger partial charge in [0.2, 0.25) is 0 Å². The summed E-state index contributed by atoms with van der Waals surface area (Å²) < 4.78 is 0. The van der Waals surface area contributed by atoms with E-state index in [0.717, 1.165) is 0 Å². The quantitative estimate of drug-likeness (QED) is 0.786. The molecule has 0 aromatic heterocycles. The summed E-state index contributed by atoms with van der Waals surface area (Å²) in [7, 11) is 0. The molecule has 98 valence electrons. The van der Waals surface area contributed by atoms with Gasteiger partial charge < -0.3 is 15.5 Å². The maximum absolute atomic E-state index is 11.9. The standard InChI is InChI=1S/C11H11Cl2NO4/c1-5(15)9(11(17)18)14-10(16)8-6(12)3-2-4-7(8)13/h2-5,9,15H,1H3,(H,14,16)(H,17,18)/t5-,9+/m1/s1. The van der Waals surface area contributed by atoms with Gasteiger partial charge in [-0.15, -0.1) is 0 Å². The van der Waals surface area contributed by atoms with Gasteiger partial charge in [-0.3, -0.25) is 4.79 Å². The predicted octanol–water partition coefficient (Wildman–Crippen LogP) is 1.56. The number of carbonyl (C=O) groups is 2. The number of benzene rings is 1. The third-order valence-electron chi connectivity index (χ3n) is 2.22. The highest BCUT2D eigenvalue weighted by Crippen LogP contribution is 2.24. The number of aliphatic carboxylic acids is 1. The Balaban J connectivity index is 2.98. The molecular weight excluding hydrogens is 281 g/mol. The van der Waals surface area contributed by atoms with Crippen LogP contribution < -0.4 is 5.32 Å². The van der Waals surface area contributed by atoms with Gasteiger partial charge in [0.1, 0.15) is 0 Å². The van der Waals surface area contributed by atoms with Crippen molar-refractivity contribution in [3.05, 3.63) is 33.8 Å². The average molecular weight is 292 g/mol. The van der Waals surface area contributed by atoms with E-state index < -0.39 is 24.0 Å². The minimum absolute atomic E-state index is 0.0206. The normalized spacial score (nSPS) is 13.8. The number of aliphatic hydroxyl groups is 1.